The zero-order valence-corrected chi connectivity index (χ0v) is 6.59. The zero-order chi connectivity index (χ0) is 8.27. The molecule has 1 N–H and O–H groups in total. The van der Waals surface area contributed by atoms with Crippen LogP contribution in [-0.2, 0) is 0 Å². The van der Waals surface area contributed by atoms with E-state index >= 15 is 0 Å². The topological polar surface area (TPSA) is 54.9 Å². The van der Waals surface area contributed by atoms with Gasteiger partial charge in [-0.2, -0.15) is 0 Å². The molecule has 58 valence electrons. The second-order valence-corrected chi connectivity index (χ2v) is 2.19. The fourth-order valence-electron chi connectivity index (χ4n) is 0.586. The average molecular weight is 172 g/mol. The Morgan fingerprint density at radius 3 is 2.91 bits per heavy atom. The highest BCUT2D eigenvalue weighted by molar-refractivity contribution is 6.29. The summed E-state index contributed by atoms with van der Waals surface area (Å²) in [7, 11) is 1.53. The van der Waals surface area contributed by atoms with Crippen molar-refractivity contribution in [1.82, 2.24) is 15.3 Å². The van der Waals surface area contributed by atoms with Crippen LogP contribution >= 0.6 is 11.6 Å². The first-order chi connectivity index (χ1) is 5.24. The van der Waals surface area contributed by atoms with Crippen LogP contribution in [0, 0.1) is 0 Å². The van der Waals surface area contributed by atoms with Gasteiger partial charge in [0.1, 0.15) is 17.2 Å². The number of aromatic nitrogens is 2. The van der Waals surface area contributed by atoms with Crippen LogP contribution in [0.25, 0.3) is 0 Å². The van der Waals surface area contributed by atoms with Gasteiger partial charge < -0.3 is 5.32 Å². The standard InChI is InChI=1S/C6H6ClN3O/c1-8-6(11)4-2-5(7)10-3-9-4/h2-3H,1H3,(H,8,11). The smallest absolute Gasteiger partial charge is 0.269 e. The Bertz CT molecular complexity index is 276. The third-order valence-electron chi connectivity index (χ3n) is 1.09. The summed E-state index contributed by atoms with van der Waals surface area (Å²) in [5, 5.41) is 2.68. The fourth-order valence-corrected chi connectivity index (χ4v) is 0.733. The summed E-state index contributed by atoms with van der Waals surface area (Å²) in [4.78, 5) is 18.2. The Labute approximate surface area is 68.6 Å². The molecule has 0 aliphatic carbocycles. The van der Waals surface area contributed by atoms with Gasteiger partial charge in [-0.1, -0.05) is 11.6 Å². The van der Waals surface area contributed by atoms with Gasteiger partial charge in [-0.15, -0.1) is 0 Å². The summed E-state index contributed by atoms with van der Waals surface area (Å²) in [6, 6.07) is 1.40. The molecule has 0 saturated heterocycles. The van der Waals surface area contributed by atoms with E-state index in [1.807, 2.05) is 0 Å². The molecule has 4 nitrogen and oxygen atoms in total. The summed E-state index contributed by atoms with van der Waals surface area (Å²) in [5.41, 5.74) is 0.271. The molecule has 0 fully saturated rings. The number of carbonyl (C=O) groups excluding carboxylic acids is 1. The van der Waals surface area contributed by atoms with Crippen LogP contribution in [0.1, 0.15) is 10.5 Å². The predicted octanol–water partition coefficient (Wildman–Crippen LogP) is 0.490. The molecule has 1 rings (SSSR count). The molecule has 0 spiro atoms. The van der Waals surface area contributed by atoms with Gasteiger partial charge in [-0.25, -0.2) is 9.97 Å². The van der Waals surface area contributed by atoms with Crippen LogP contribution < -0.4 is 5.32 Å². The maximum absolute atomic E-state index is 10.9. The average Bonchev–Trinajstić information content (AvgIpc) is 2.03. The van der Waals surface area contributed by atoms with Gasteiger partial charge in [0.2, 0.25) is 0 Å². The van der Waals surface area contributed by atoms with Crippen LogP contribution in [-0.4, -0.2) is 22.9 Å². The van der Waals surface area contributed by atoms with E-state index in [1.54, 1.807) is 0 Å². The second-order valence-electron chi connectivity index (χ2n) is 1.81. The van der Waals surface area contributed by atoms with Crippen molar-refractivity contribution in [2.24, 2.45) is 0 Å². The molecule has 0 radical (unpaired) electrons. The van der Waals surface area contributed by atoms with Crippen molar-refractivity contribution in [3.05, 3.63) is 23.2 Å². The maximum Gasteiger partial charge on any atom is 0.269 e. The number of hydrogen-bond donors (Lipinski definition) is 1. The number of nitrogens with one attached hydrogen (secondary N) is 1. The molecule has 0 saturated carbocycles. The van der Waals surface area contributed by atoms with Crippen LogP contribution in [0.2, 0.25) is 5.15 Å². The summed E-state index contributed by atoms with van der Waals surface area (Å²) >= 11 is 5.51. The Kier molecular flexibility index (Phi) is 2.38. The lowest BCUT2D eigenvalue weighted by atomic mass is 10.4. The lowest BCUT2D eigenvalue weighted by molar-refractivity contribution is 0.0958. The van der Waals surface area contributed by atoms with Gasteiger partial charge in [0, 0.05) is 13.1 Å². The molecule has 0 aliphatic rings. The molecule has 1 aromatic heterocycles. The van der Waals surface area contributed by atoms with Crippen molar-refractivity contribution in [3.63, 3.8) is 0 Å². The van der Waals surface area contributed by atoms with Gasteiger partial charge in [-0.3, -0.25) is 4.79 Å². The monoisotopic (exact) mass is 171 g/mol. The van der Waals surface area contributed by atoms with E-state index in [0.717, 1.165) is 0 Å². The first-order valence-corrected chi connectivity index (χ1v) is 3.31. The highest BCUT2D eigenvalue weighted by atomic mass is 35.5. The lowest BCUT2D eigenvalue weighted by Gasteiger charge is -1.96. The van der Waals surface area contributed by atoms with E-state index in [1.165, 1.54) is 19.4 Å². The first kappa shape index (κ1) is 7.94. The minimum Gasteiger partial charge on any atom is -0.354 e. The van der Waals surface area contributed by atoms with Gasteiger partial charge in [0.25, 0.3) is 5.91 Å². The normalized spacial score (nSPS) is 9.27. The molecule has 5 heteroatoms. The van der Waals surface area contributed by atoms with Crippen LogP contribution in [0.5, 0.6) is 0 Å². The minimum absolute atomic E-state index is 0.263. The second kappa shape index (κ2) is 3.30. The van der Waals surface area contributed by atoms with Gasteiger partial charge in [0.15, 0.2) is 0 Å². The van der Waals surface area contributed by atoms with Crippen molar-refractivity contribution in [2.75, 3.05) is 7.05 Å². The third kappa shape index (κ3) is 1.88. The Hall–Kier alpha value is -1.16. The number of halogens is 1. The molecule has 1 aromatic rings. The van der Waals surface area contributed by atoms with E-state index in [-0.39, 0.29) is 16.8 Å². The maximum atomic E-state index is 10.9. The fraction of sp³-hybridized carbons (Fsp3) is 0.167. The minimum atomic E-state index is -0.269. The molecule has 1 heterocycles. The lowest BCUT2D eigenvalue weighted by Crippen LogP contribution is -2.19. The highest BCUT2D eigenvalue weighted by Crippen LogP contribution is 2.03. The predicted molar refractivity (Wildman–Crippen MR) is 40.4 cm³/mol. The third-order valence-corrected chi connectivity index (χ3v) is 1.30. The number of amides is 1. The van der Waals surface area contributed by atoms with Crippen LogP contribution in [0.4, 0.5) is 0 Å². The van der Waals surface area contributed by atoms with Crippen molar-refractivity contribution < 1.29 is 4.79 Å². The highest BCUT2D eigenvalue weighted by Gasteiger charge is 2.03. The van der Waals surface area contributed by atoms with Gasteiger partial charge in [0.05, 0.1) is 0 Å². The van der Waals surface area contributed by atoms with E-state index in [9.17, 15) is 4.79 Å². The Morgan fingerprint density at radius 1 is 1.64 bits per heavy atom. The molecule has 0 aromatic carbocycles. The largest absolute Gasteiger partial charge is 0.354 e. The quantitative estimate of drug-likeness (QED) is 0.626. The van der Waals surface area contributed by atoms with E-state index in [0.29, 0.717) is 0 Å². The summed E-state index contributed by atoms with van der Waals surface area (Å²) < 4.78 is 0. The summed E-state index contributed by atoms with van der Waals surface area (Å²) in [6.45, 7) is 0. The molecule has 1 amide bonds. The van der Waals surface area contributed by atoms with E-state index < -0.39 is 0 Å². The zero-order valence-electron chi connectivity index (χ0n) is 5.84. The molecular weight excluding hydrogens is 166 g/mol. The van der Waals surface area contributed by atoms with Crippen molar-refractivity contribution >= 4 is 17.5 Å². The number of carbonyl (C=O) groups is 1. The molecular formula is C6H6ClN3O. The number of hydrogen-bond acceptors (Lipinski definition) is 3. The van der Waals surface area contributed by atoms with Gasteiger partial charge >= 0.3 is 0 Å². The molecule has 0 unspecified atom stereocenters. The Balaban J connectivity index is 2.96. The molecule has 0 bridgehead atoms. The molecule has 0 atom stereocenters. The number of rotatable bonds is 1. The van der Waals surface area contributed by atoms with Crippen molar-refractivity contribution in [2.45, 2.75) is 0 Å². The van der Waals surface area contributed by atoms with Crippen LogP contribution in [0.3, 0.4) is 0 Å². The van der Waals surface area contributed by atoms with Crippen molar-refractivity contribution in [3.8, 4) is 0 Å². The molecule has 11 heavy (non-hydrogen) atoms. The SMILES string of the molecule is CNC(=O)c1cc(Cl)ncn1. The first-order valence-electron chi connectivity index (χ1n) is 2.93. The van der Waals surface area contributed by atoms with Crippen molar-refractivity contribution in [1.29, 1.82) is 0 Å². The summed E-state index contributed by atoms with van der Waals surface area (Å²) in [5.74, 6) is -0.269. The van der Waals surface area contributed by atoms with E-state index in [2.05, 4.69) is 15.3 Å². The van der Waals surface area contributed by atoms with Gasteiger partial charge in [-0.05, 0) is 0 Å². The Morgan fingerprint density at radius 2 is 2.36 bits per heavy atom. The number of nitrogens with zero attached hydrogens (tertiary/aromatic N) is 2. The van der Waals surface area contributed by atoms with E-state index in [4.69, 9.17) is 11.6 Å². The molecule has 0 aliphatic heterocycles. The summed E-state index contributed by atoms with van der Waals surface area (Å²) in [6.07, 6.45) is 1.24. The van der Waals surface area contributed by atoms with Crippen LogP contribution in [0.15, 0.2) is 12.4 Å².